The number of pyridine rings is 1. The Balaban J connectivity index is 0.00000171. The number of nitrogens with one attached hydrogen (secondary N) is 1. The van der Waals surface area contributed by atoms with Crippen molar-refractivity contribution in [2.75, 3.05) is 0 Å². The third kappa shape index (κ3) is 6.22. The average molecular weight is 529 g/mol. The Labute approximate surface area is 221 Å². The summed E-state index contributed by atoms with van der Waals surface area (Å²) in [6.07, 6.45) is 3.53. The number of H-pyrrole nitrogens is 1. The Kier molecular flexibility index (Phi) is 8.93. The summed E-state index contributed by atoms with van der Waals surface area (Å²) in [6, 6.07) is 23.5. The maximum atomic E-state index is 6.30. The molecular formula is C26H24Cl3N5O. The van der Waals surface area contributed by atoms with Gasteiger partial charge in [0.15, 0.2) is 5.82 Å². The number of hydrogen-bond donors (Lipinski definition) is 1. The number of aromatic amines is 1. The van der Waals surface area contributed by atoms with Crippen LogP contribution >= 0.6 is 36.4 Å². The van der Waals surface area contributed by atoms with Gasteiger partial charge in [0, 0.05) is 22.5 Å². The minimum atomic E-state index is 0. The minimum absolute atomic E-state index is 0. The van der Waals surface area contributed by atoms with Crippen molar-refractivity contribution >= 4 is 36.4 Å². The highest BCUT2D eigenvalue weighted by Crippen LogP contribution is 2.27. The molecule has 0 fully saturated rings. The zero-order valence-electron chi connectivity index (χ0n) is 18.9. The third-order valence-electron chi connectivity index (χ3n) is 5.32. The number of hydrogen-bond acceptors (Lipinski definition) is 4. The molecule has 3 aromatic heterocycles. The first-order chi connectivity index (χ1) is 16.2. The van der Waals surface area contributed by atoms with Crippen LogP contribution in [-0.2, 0) is 13.2 Å². The molecule has 0 aliphatic rings. The first-order valence-corrected chi connectivity index (χ1v) is 11.0. The minimum Gasteiger partial charge on any atom is -0.489 e. The molecule has 9 heteroatoms. The Morgan fingerprint density at radius 2 is 1.71 bits per heavy atom. The van der Waals surface area contributed by atoms with Crippen LogP contribution in [0.5, 0.6) is 5.75 Å². The predicted molar refractivity (Wildman–Crippen MR) is 144 cm³/mol. The molecule has 0 unspecified atom stereocenters. The van der Waals surface area contributed by atoms with E-state index in [1.165, 1.54) is 0 Å². The van der Waals surface area contributed by atoms with Gasteiger partial charge in [-0.2, -0.15) is 5.10 Å². The first-order valence-electron chi connectivity index (χ1n) is 10.6. The number of benzene rings is 2. The summed E-state index contributed by atoms with van der Waals surface area (Å²) < 4.78 is 8.05. The van der Waals surface area contributed by atoms with Crippen molar-refractivity contribution in [2.24, 2.45) is 0 Å². The van der Waals surface area contributed by atoms with Gasteiger partial charge < -0.3 is 9.72 Å². The monoisotopic (exact) mass is 527 g/mol. The van der Waals surface area contributed by atoms with Crippen LogP contribution in [0.4, 0.5) is 0 Å². The summed E-state index contributed by atoms with van der Waals surface area (Å²) in [7, 11) is 0. The molecule has 180 valence electrons. The standard InChI is InChI=1S/C26H22ClN5O.2ClH/c1-18-13-23(24-15-29-26(30-24)22-9-5-6-12-28-22)31-32(18)16-20-14-21(27)10-11-25(20)33-17-19-7-3-2-4-8-19;;/h2-15H,16-17H2,1H3,(H,29,30);2*1H. The average Bonchev–Trinajstić information content (AvgIpc) is 3.47. The number of nitrogens with zero attached hydrogens (tertiary/aromatic N) is 4. The zero-order chi connectivity index (χ0) is 22.6. The lowest BCUT2D eigenvalue weighted by molar-refractivity contribution is 0.302. The number of imidazole rings is 1. The third-order valence-corrected chi connectivity index (χ3v) is 5.56. The molecule has 0 amide bonds. The quantitative estimate of drug-likeness (QED) is 0.253. The lowest BCUT2D eigenvalue weighted by atomic mass is 10.2. The lowest BCUT2D eigenvalue weighted by Gasteiger charge is -2.13. The van der Waals surface area contributed by atoms with E-state index in [4.69, 9.17) is 21.4 Å². The summed E-state index contributed by atoms with van der Waals surface area (Å²) in [6.45, 7) is 3.06. The van der Waals surface area contributed by atoms with Gasteiger partial charge in [-0.25, -0.2) is 4.98 Å². The van der Waals surface area contributed by atoms with Gasteiger partial charge in [-0.15, -0.1) is 24.8 Å². The van der Waals surface area contributed by atoms with Crippen molar-refractivity contribution < 1.29 is 4.74 Å². The van der Waals surface area contributed by atoms with E-state index in [1.807, 2.05) is 84.4 Å². The molecule has 0 spiro atoms. The zero-order valence-corrected chi connectivity index (χ0v) is 21.3. The molecule has 0 atom stereocenters. The molecule has 6 nitrogen and oxygen atoms in total. The van der Waals surface area contributed by atoms with E-state index < -0.39 is 0 Å². The molecule has 3 heterocycles. The maximum absolute atomic E-state index is 6.30. The Bertz CT molecular complexity index is 1370. The first kappa shape index (κ1) is 26.3. The molecule has 35 heavy (non-hydrogen) atoms. The summed E-state index contributed by atoms with van der Waals surface area (Å²) >= 11 is 6.30. The molecule has 0 aliphatic heterocycles. The van der Waals surface area contributed by atoms with Gasteiger partial charge in [-0.1, -0.05) is 48.0 Å². The molecule has 5 aromatic rings. The molecule has 0 bridgehead atoms. The molecule has 0 aliphatic carbocycles. The fourth-order valence-electron chi connectivity index (χ4n) is 3.60. The highest BCUT2D eigenvalue weighted by Gasteiger charge is 2.13. The van der Waals surface area contributed by atoms with E-state index in [2.05, 4.69) is 15.0 Å². The van der Waals surface area contributed by atoms with Crippen molar-refractivity contribution in [1.82, 2.24) is 24.7 Å². The maximum Gasteiger partial charge on any atom is 0.156 e. The van der Waals surface area contributed by atoms with Crippen LogP contribution in [0.1, 0.15) is 16.8 Å². The Morgan fingerprint density at radius 3 is 2.49 bits per heavy atom. The summed E-state index contributed by atoms with van der Waals surface area (Å²) in [4.78, 5) is 12.1. The number of rotatable bonds is 7. The second-order valence-corrected chi connectivity index (χ2v) is 8.15. The van der Waals surface area contributed by atoms with Gasteiger partial charge in [0.1, 0.15) is 23.7 Å². The van der Waals surface area contributed by atoms with Crippen molar-refractivity contribution in [3.63, 3.8) is 0 Å². The number of aryl methyl sites for hydroxylation is 1. The van der Waals surface area contributed by atoms with Crippen LogP contribution in [0.15, 0.2) is 85.2 Å². The summed E-state index contributed by atoms with van der Waals surface area (Å²) in [5, 5.41) is 5.46. The van der Waals surface area contributed by atoms with Crippen molar-refractivity contribution in [3.8, 4) is 28.7 Å². The highest BCUT2D eigenvalue weighted by atomic mass is 35.5. The van der Waals surface area contributed by atoms with E-state index in [1.54, 1.807) is 12.4 Å². The van der Waals surface area contributed by atoms with Crippen LogP contribution in [0.2, 0.25) is 5.02 Å². The lowest BCUT2D eigenvalue weighted by Crippen LogP contribution is -2.06. The molecule has 0 radical (unpaired) electrons. The molecule has 1 N–H and O–H groups in total. The number of halogens is 3. The number of ether oxygens (including phenoxy) is 1. The summed E-state index contributed by atoms with van der Waals surface area (Å²) in [5.41, 5.74) is 5.54. The second kappa shape index (κ2) is 11.9. The fourth-order valence-corrected chi connectivity index (χ4v) is 3.79. The molecule has 0 saturated carbocycles. The predicted octanol–water partition coefficient (Wildman–Crippen LogP) is 6.77. The molecular weight excluding hydrogens is 505 g/mol. The number of aromatic nitrogens is 5. The molecule has 5 rings (SSSR count). The Morgan fingerprint density at radius 1 is 0.914 bits per heavy atom. The van der Waals surface area contributed by atoms with Crippen LogP contribution in [0.3, 0.4) is 0 Å². The summed E-state index contributed by atoms with van der Waals surface area (Å²) in [5.74, 6) is 1.50. The van der Waals surface area contributed by atoms with E-state index >= 15 is 0 Å². The van der Waals surface area contributed by atoms with Gasteiger partial charge in [0.25, 0.3) is 0 Å². The van der Waals surface area contributed by atoms with Gasteiger partial charge in [-0.05, 0) is 48.9 Å². The molecule has 2 aromatic carbocycles. The second-order valence-electron chi connectivity index (χ2n) is 7.72. The van der Waals surface area contributed by atoms with E-state index in [-0.39, 0.29) is 24.8 Å². The topological polar surface area (TPSA) is 68.6 Å². The SMILES string of the molecule is Cc1cc(-c2cnc(-c3ccccn3)[nH]2)nn1Cc1cc(Cl)ccc1OCc1ccccc1.Cl.Cl. The largest absolute Gasteiger partial charge is 0.489 e. The van der Waals surface area contributed by atoms with Gasteiger partial charge in [0.05, 0.1) is 18.4 Å². The smallest absolute Gasteiger partial charge is 0.156 e. The van der Waals surface area contributed by atoms with Gasteiger partial charge in [0.2, 0.25) is 0 Å². The van der Waals surface area contributed by atoms with Crippen molar-refractivity contribution in [2.45, 2.75) is 20.1 Å². The normalized spacial score (nSPS) is 10.3. The van der Waals surface area contributed by atoms with E-state index in [9.17, 15) is 0 Å². The highest BCUT2D eigenvalue weighted by molar-refractivity contribution is 6.30. The van der Waals surface area contributed by atoms with Gasteiger partial charge in [-0.3, -0.25) is 9.67 Å². The molecule has 0 saturated heterocycles. The fraction of sp³-hybridized carbons (Fsp3) is 0.115. The Hall–Kier alpha value is -3.32. The van der Waals surface area contributed by atoms with Crippen LogP contribution in [0, 0.1) is 6.92 Å². The van der Waals surface area contributed by atoms with Crippen LogP contribution in [-0.4, -0.2) is 24.7 Å². The van der Waals surface area contributed by atoms with Crippen LogP contribution in [0.25, 0.3) is 22.9 Å². The van der Waals surface area contributed by atoms with Crippen molar-refractivity contribution in [3.05, 3.63) is 107 Å². The van der Waals surface area contributed by atoms with E-state index in [0.717, 1.165) is 39.7 Å². The van der Waals surface area contributed by atoms with Crippen molar-refractivity contribution in [1.29, 1.82) is 0 Å². The van der Waals surface area contributed by atoms with E-state index in [0.29, 0.717) is 24.0 Å². The van der Waals surface area contributed by atoms with Crippen LogP contribution < -0.4 is 4.74 Å². The van der Waals surface area contributed by atoms with Gasteiger partial charge >= 0.3 is 0 Å².